The van der Waals surface area contributed by atoms with E-state index < -0.39 is 0 Å². The highest BCUT2D eigenvalue weighted by Gasteiger charge is 2.11. The van der Waals surface area contributed by atoms with Crippen molar-refractivity contribution in [3.8, 4) is 5.75 Å². The first-order chi connectivity index (χ1) is 9.13. The second-order valence-electron chi connectivity index (χ2n) is 3.89. The summed E-state index contributed by atoms with van der Waals surface area (Å²) < 4.78 is 18.5. The van der Waals surface area contributed by atoms with Gasteiger partial charge in [0.25, 0.3) is 0 Å². The smallest absolute Gasteiger partial charge is 0.205 e. The zero-order chi connectivity index (χ0) is 13.8. The predicted octanol–water partition coefficient (Wildman–Crippen LogP) is 1.96. The van der Waals surface area contributed by atoms with Crippen LogP contribution in [0.1, 0.15) is 5.56 Å². The summed E-state index contributed by atoms with van der Waals surface area (Å²) in [6, 6.07) is 4.60. The van der Waals surface area contributed by atoms with Crippen LogP contribution >= 0.6 is 0 Å². The van der Waals surface area contributed by atoms with Crippen molar-refractivity contribution in [3.05, 3.63) is 35.9 Å². The van der Waals surface area contributed by atoms with E-state index in [2.05, 4.69) is 20.7 Å². The van der Waals surface area contributed by atoms with Crippen LogP contribution in [0, 0.1) is 12.7 Å². The largest absolute Gasteiger partial charge is 0.490 e. The number of aryl methyl sites for hydroxylation is 1. The van der Waals surface area contributed by atoms with Gasteiger partial charge >= 0.3 is 0 Å². The van der Waals surface area contributed by atoms with Crippen molar-refractivity contribution in [2.24, 2.45) is 5.84 Å². The number of hydrogen-bond acceptors (Lipinski definition) is 6. The van der Waals surface area contributed by atoms with Gasteiger partial charge in [-0.05, 0) is 30.7 Å². The molecule has 100 valence electrons. The summed E-state index contributed by atoms with van der Waals surface area (Å²) in [5, 5.41) is 2.97. The molecule has 0 aliphatic rings. The summed E-state index contributed by atoms with van der Waals surface area (Å²) in [6.45, 7) is 1.80. The lowest BCUT2D eigenvalue weighted by Crippen LogP contribution is -2.11. The summed E-state index contributed by atoms with van der Waals surface area (Å²) in [7, 11) is 1.47. The van der Waals surface area contributed by atoms with Gasteiger partial charge in [-0.1, -0.05) is 0 Å². The first-order valence-electron chi connectivity index (χ1n) is 5.54. The van der Waals surface area contributed by atoms with Crippen LogP contribution in [-0.2, 0) is 0 Å². The Balaban J connectivity index is 2.37. The number of hydrazine groups is 1. The van der Waals surface area contributed by atoms with Crippen LogP contribution in [0.25, 0.3) is 0 Å². The van der Waals surface area contributed by atoms with E-state index in [-0.39, 0.29) is 5.82 Å². The molecule has 0 fully saturated rings. The topological polar surface area (TPSA) is 85.1 Å². The number of ether oxygens (including phenoxy) is 1. The lowest BCUT2D eigenvalue weighted by atomic mass is 10.2. The van der Waals surface area contributed by atoms with E-state index in [1.807, 2.05) is 0 Å². The number of anilines is 3. The van der Waals surface area contributed by atoms with Gasteiger partial charge in [0.2, 0.25) is 5.75 Å². The Morgan fingerprint density at radius 2 is 1.95 bits per heavy atom. The number of nitrogens with one attached hydrogen (secondary N) is 2. The van der Waals surface area contributed by atoms with Crippen LogP contribution in [0.15, 0.2) is 24.5 Å². The molecule has 0 radical (unpaired) electrons. The molecule has 1 aromatic carbocycles. The fourth-order valence-electron chi connectivity index (χ4n) is 1.70. The van der Waals surface area contributed by atoms with Gasteiger partial charge in [-0.25, -0.2) is 20.2 Å². The molecule has 1 heterocycles. The number of halogens is 1. The van der Waals surface area contributed by atoms with E-state index in [1.165, 1.54) is 25.6 Å². The molecule has 7 heteroatoms. The minimum atomic E-state index is -0.326. The molecule has 0 saturated carbocycles. The Morgan fingerprint density at radius 1 is 1.21 bits per heavy atom. The van der Waals surface area contributed by atoms with Crippen LogP contribution in [-0.4, -0.2) is 17.1 Å². The third-order valence-corrected chi connectivity index (χ3v) is 2.45. The lowest BCUT2D eigenvalue weighted by molar-refractivity contribution is 0.415. The molecule has 0 amide bonds. The molecule has 0 atom stereocenters. The van der Waals surface area contributed by atoms with Crippen molar-refractivity contribution in [1.82, 2.24) is 9.97 Å². The number of methoxy groups -OCH3 is 1. The van der Waals surface area contributed by atoms with Gasteiger partial charge in [-0.15, -0.1) is 0 Å². The molecule has 0 saturated heterocycles. The summed E-state index contributed by atoms with van der Waals surface area (Å²) in [4.78, 5) is 7.97. The van der Waals surface area contributed by atoms with E-state index in [9.17, 15) is 4.39 Å². The lowest BCUT2D eigenvalue weighted by Gasteiger charge is -2.12. The summed E-state index contributed by atoms with van der Waals surface area (Å²) in [5.74, 6) is 6.10. The molecular weight excluding hydrogens is 249 g/mol. The van der Waals surface area contributed by atoms with E-state index in [0.717, 1.165) is 5.56 Å². The Morgan fingerprint density at radius 3 is 2.58 bits per heavy atom. The van der Waals surface area contributed by atoms with E-state index in [4.69, 9.17) is 10.6 Å². The van der Waals surface area contributed by atoms with Crippen LogP contribution in [0.3, 0.4) is 0 Å². The molecular formula is C12H14FN5O. The second kappa shape index (κ2) is 5.49. The molecule has 1 aromatic heterocycles. The monoisotopic (exact) mass is 263 g/mol. The number of nitrogen functional groups attached to an aromatic ring is 1. The number of rotatable bonds is 4. The normalized spacial score (nSPS) is 10.1. The summed E-state index contributed by atoms with van der Waals surface area (Å²) >= 11 is 0. The highest BCUT2D eigenvalue weighted by molar-refractivity contribution is 5.69. The fraction of sp³-hybridized carbons (Fsp3) is 0.167. The van der Waals surface area contributed by atoms with Crippen LogP contribution in [0.2, 0.25) is 0 Å². The van der Waals surface area contributed by atoms with Crippen molar-refractivity contribution in [2.75, 3.05) is 17.9 Å². The number of hydrogen-bond donors (Lipinski definition) is 3. The molecule has 0 unspecified atom stereocenters. The van der Waals surface area contributed by atoms with Crippen molar-refractivity contribution < 1.29 is 9.13 Å². The SMILES string of the molecule is COc1c(NN)ncnc1Nc1cc(C)cc(F)c1. The quantitative estimate of drug-likeness (QED) is 0.577. The molecule has 19 heavy (non-hydrogen) atoms. The van der Waals surface area contributed by atoms with Crippen LogP contribution in [0.4, 0.5) is 21.7 Å². The van der Waals surface area contributed by atoms with E-state index >= 15 is 0 Å². The summed E-state index contributed by atoms with van der Waals surface area (Å²) in [5.41, 5.74) is 3.77. The van der Waals surface area contributed by atoms with E-state index in [1.54, 1.807) is 13.0 Å². The first-order valence-corrected chi connectivity index (χ1v) is 5.54. The highest BCUT2D eigenvalue weighted by Crippen LogP contribution is 2.30. The molecule has 6 nitrogen and oxygen atoms in total. The van der Waals surface area contributed by atoms with Crippen LogP contribution < -0.4 is 21.3 Å². The van der Waals surface area contributed by atoms with Crippen molar-refractivity contribution in [2.45, 2.75) is 6.92 Å². The number of nitrogens with zero attached hydrogens (tertiary/aromatic N) is 2. The standard InChI is InChI=1S/C12H14FN5O/c1-7-3-8(13)5-9(4-7)17-11-10(19-2)12(18-14)16-6-15-11/h3-6H,14H2,1-2H3,(H2,15,16,17,18). The molecule has 2 rings (SSSR count). The maximum Gasteiger partial charge on any atom is 0.205 e. The van der Waals surface area contributed by atoms with Gasteiger partial charge in [0, 0.05) is 5.69 Å². The number of aromatic nitrogens is 2. The van der Waals surface area contributed by atoms with Gasteiger partial charge in [-0.3, -0.25) is 0 Å². The fourth-order valence-corrected chi connectivity index (χ4v) is 1.70. The highest BCUT2D eigenvalue weighted by atomic mass is 19.1. The molecule has 0 aliphatic carbocycles. The summed E-state index contributed by atoms with van der Waals surface area (Å²) in [6.07, 6.45) is 1.33. The number of nitrogens with two attached hydrogens (primary N) is 1. The molecule has 0 aliphatic heterocycles. The third-order valence-electron chi connectivity index (χ3n) is 2.45. The maximum absolute atomic E-state index is 13.3. The zero-order valence-electron chi connectivity index (χ0n) is 10.6. The molecule has 2 aromatic rings. The Kier molecular flexibility index (Phi) is 3.76. The predicted molar refractivity (Wildman–Crippen MR) is 70.8 cm³/mol. The Bertz CT molecular complexity index is 570. The average molecular weight is 263 g/mol. The number of benzene rings is 1. The van der Waals surface area contributed by atoms with Gasteiger partial charge in [0.05, 0.1) is 7.11 Å². The van der Waals surface area contributed by atoms with Gasteiger partial charge < -0.3 is 15.5 Å². The first kappa shape index (κ1) is 13.0. The van der Waals surface area contributed by atoms with E-state index in [0.29, 0.717) is 23.1 Å². The van der Waals surface area contributed by atoms with Crippen LogP contribution in [0.5, 0.6) is 5.75 Å². The third kappa shape index (κ3) is 2.89. The minimum Gasteiger partial charge on any atom is -0.490 e. The van der Waals surface area contributed by atoms with Gasteiger partial charge in [-0.2, -0.15) is 0 Å². The minimum absolute atomic E-state index is 0.326. The average Bonchev–Trinajstić information content (AvgIpc) is 2.37. The second-order valence-corrected chi connectivity index (χ2v) is 3.89. The van der Waals surface area contributed by atoms with Crippen molar-refractivity contribution in [1.29, 1.82) is 0 Å². The Labute approximate surface area is 109 Å². The molecule has 4 N–H and O–H groups in total. The van der Waals surface area contributed by atoms with Crippen molar-refractivity contribution >= 4 is 17.3 Å². The molecule has 0 bridgehead atoms. The van der Waals surface area contributed by atoms with Gasteiger partial charge in [0.15, 0.2) is 11.6 Å². The van der Waals surface area contributed by atoms with Crippen molar-refractivity contribution in [3.63, 3.8) is 0 Å². The van der Waals surface area contributed by atoms with Gasteiger partial charge in [0.1, 0.15) is 12.1 Å². The molecule has 0 spiro atoms. The zero-order valence-corrected chi connectivity index (χ0v) is 10.6. The Hall–Kier alpha value is -2.41. The maximum atomic E-state index is 13.3.